The fraction of sp³-hybridized carbons (Fsp3) is 0.294. The van der Waals surface area contributed by atoms with Crippen molar-refractivity contribution in [2.45, 2.75) is 25.5 Å². The largest absolute Gasteiger partial charge is 0.497 e. The lowest BCUT2D eigenvalue weighted by Gasteiger charge is -2.31. The van der Waals surface area contributed by atoms with Crippen LogP contribution in [0, 0.1) is 12.7 Å². The van der Waals surface area contributed by atoms with Crippen molar-refractivity contribution >= 4 is 0 Å². The predicted molar refractivity (Wildman–Crippen MR) is 79.0 cm³/mol. The van der Waals surface area contributed by atoms with Crippen LogP contribution in [0.2, 0.25) is 0 Å². The number of fused-ring (bicyclic) bond motifs is 1. The van der Waals surface area contributed by atoms with Crippen LogP contribution in [-0.2, 0) is 0 Å². The zero-order chi connectivity index (χ0) is 15.0. The third kappa shape index (κ3) is 2.59. The van der Waals surface area contributed by atoms with E-state index in [1.807, 2.05) is 25.1 Å². The van der Waals surface area contributed by atoms with Crippen LogP contribution in [0.15, 0.2) is 36.4 Å². The van der Waals surface area contributed by atoms with Gasteiger partial charge in [-0.25, -0.2) is 4.39 Å². The molecule has 2 atom stereocenters. The summed E-state index contributed by atoms with van der Waals surface area (Å²) in [6.07, 6.45) is 0.508. The normalized spacial score (nSPS) is 20.6. The molecule has 0 amide bonds. The first kappa shape index (κ1) is 13.9. The zero-order valence-corrected chi connectivity index (χ0v) is 12.1. The van der Waals surface area contributed by atoms with Gasteiger partial charge in [0, 0.05) is 18.0 Å². The van der Waals surface area contributed by atoms with E-state index in [2.05, 4.69) is 0 Å². The van der Waals surface area contributed by atoms with Gasteiger partial charge < -0.3 is 15.2 Å². The highest BCUT2D eigenvalue weighted by Gasteiger charge is 2.28. The maximum absolute atomic E-state index is 13.2. The van der Waals surface area contributed by atoms with E-state index in [0.717, 1.165) is 28.2 Å². The van der Waals surface area contributed by atoms with Gasteiger partial charge in [0.25, 0.3) is 0 Å². The summed E-state index contributed by atoms with van der Waals surface area (Å²) in [6.45, 7) is 1.89. The molecule has 0 radical (unpaired) electrons. The molecule has 0 aliphatic carbocycles. The van der Waals surface area contributed by atoms with Gasteiger partial charge >= 0.3 is 0 Å². The second-order valence-corrected chi connectivity index (χ2v) is 5.35. The maximum atomic E-state index is 13.2. The second-order valence-electron chi connectivity index (χ2n) is 5.35. The van der Waals surface area contributed by atoms with E-state index in [1.165, 1.54) is 12.1 Å². The number of aryl methyl sites for hydroxylation is 1. The Balaban J connectivity index is 1.94. The Labute approximate surface area is 123 Å². The van der Waals surface area contributed by atoms with Crippen molar-refractivity contribution in [3.8, 4) is 11.5 Å². The number of nitrogens with two attached hydrogens (primary N) is 1. The molecule has 2 aromatic carbocycles. The molecule has 0 bridgehead atoms. The van der Waals surface area contributed by atoms with Crippen molar-refractivity contribution in [1.82, 2.24) is 0 Å². The summed E-state index contributed by atoms with van der Waals surface area (Å²) in [5.41, 5.74) is 9.08. The Bertz CT molecular complexity index is 672. The molecule has 1 aliphatic rings. The SMILES string of the molecule is COc1ccc2c(c1)[C@H](N)CC(c1ccc(F)cc1C)O2. The van der Waals surface area contributed by atoms with Gasteiger partial charge in [-0.05, 0) is 48.4 Å². The summed E-state index contributed by atoms with van der Waals surface area (Å²) < 4.78 is 24.5. The number of methoxy groups -OCH3 is 1. The topological polar surface area (TPSA) is 44.5 Å². The molecule has 0 fully saturated rings. The first-order valence-corrected chi connectivity index (χ1v) is 6.94. The van der Waals surface area contributed by atoms with Crippen molar-refractivity contribution < 1.29 is 13.9 Å². The lowest BCUT2D eigenvalue weighted by Crippen LogP contribution is -2.24. The van der Waals surface area contributed by atoms with E-state index < -0.39 is 0 Å². The Morgan fingerprint density at radius 2 is 2.00 bits per heavy atom. The van der Waals surface area contributed by atoms with Crippen LogP contribution in [0.3, 0.4) is 0 Å². The van der Waals surface area contributed by atoms with E-state index in [9.17, 15) is 4.39 Å². The number of benzene rings is 2. The third-order valence-electron chi connectivity index (χ3n) is 3.93. The number of ether oxygens (including phenoxy) is 2. The van der Waals surface area contributed by atoms with E-state index in [1.54, 1.807) is 13.2 Å². The molecule has 0 aromatic heterocycles. The Hall–Kier alpha value is -2.07. The molecule has 0 spiro atoms. The van der Waals surface area contributed by atoms with Crippen LogP contribution >= 0.6 is 0 Å². The highest BCUT2D eigenvalue weighted by molar-refractivity contribution is 5.44. The number of hydrogen-bond acceptors (Lipinski definition) is 3. The average molecular weight is 287 g/mol. The molecule has 0 saturated carbocycles. The smallest absolute Gasteiger partial charge is 0.126 e. The first-order chi connectivity index (χ1) is 10.1. The Kier molecular flexibility index (Phi) is 3.55. The van der Waals surface area contributed by atoms with Crippen LogP contribution in [0.25, 0.3) is 0 Å². The third-order valence-corrected chi connectivity index (χ3v) is 3.93. The summed E-state index contributed by atoms with van der Waals surface area (Å²) in [5.74, 6) is 1.30. The molecule has 110 valence electrons. The molecule has 4 heteroatoms. The summed E-state index contributed by atoms with van der Waals surface area (Å²) in [7, 11) is 1.63. The van der Waals surface area contributed by atoms with Crippen molar-refractivity contribution in [3.05, 3.63) is 58.9 Å². The van der Waals surface area contributed by atoms with Crippen LogP contribution in [0.1, 0.15) is 35.3 Å². The minimum absolute atomic E-state index is 0.127. The summed E-state index contributed by atoms with van der Waals surface area (Å²) in [5, 5.41) is 0. The van der Waals surface area contributed by atoms with E-state index in [-0.39, 0.29) is 18.0 Å². The molecular weight excluding hydrogens is 269 g/mol. The van der Waals surface area contributed by atoms with Gasteiger partial charge in [-0.2, -0.15) is 0 Å². The molecule has 0 saturated heterocycles. The zero-order valence-electron chi connectivity index (χ0n) is 12.1. The summed E-state index contributed by atoms with van der Waals surface area (Å²) in [4.78, 5) is 0. The van der Waals surface area contributed by atoms with Crippen molar-refractivity contribution in [3.63, 3.8) is 0 Å². The van der Waals surface area contributed by atoms with Gasteiger partial charge in [0.1, 0.15) is 23.4 Å². The molecule has 21 heavy (non-hydrogen) atoms. The number of halogens is 1. The van der Waals surface area contributed by atoms with Gasteiger partial charge in [0.05, 0.1) is 7.11 Å². The van der Waals surface area contributed by atoms with Crippen molar-refractivity contribution in [2.75, 3.05) is 7.11 Å². The highest BCUT2D eigenvalue weighted by Crippen LogP contribution is 2.41. The molecule has 1 unspecified atom stereocenters. The number of rotatable bonds is 2. The van der Waals surface area contributed by atoms with Crippen LogP contribution < -0.4 is 15.2 Å². The summed E-state index contributed by atoms with van der Waals surface area (Å²) >= 11 is 0. The fourth-order valence-electron chi connectivity index (χ4n) is 2.80. The minimum Gasteiger partial charge on any atom is -0.497 e. The Morgan fingerprint density at radius 1 is 1.19 bits per heavy atom. The molecule has 2 aromatic rings. The monoisotopic (exact) mass is 287 g/mol. The second kappa shape index (κ2) is 5.37. The molecule has 3 rings (SSSR count). The average Bonchev–Trinajstić information content (AvgIpc) is 2.47. The molecule has 3 nitrogen and oxygen atoms in total. The van der Waals surface area contributed by atoms with Gasteiger partial charge in [0.15, 0.2) is 0 Å². The van der Waals surface area contributed by atoms with Gasteiger partial charge in [-0.1, -0.05) is 6.07 Å². The maximum Gasteiger partial charge on any atom is 0.126 e. The van der Waals surface area contributed by atoms with Crippen molar-refractivity contribution in [1.29, 1.82) is 0 Å². The van der Waals surface area contributed by atoms with E-state index in [4.69, 9.17) is 15.2 Å². The molecular formula is C17H18FNO2. The van der Waals surface area contributed by atoms with Crippen LogP contribution in [-0.4, -0.2) is 7.11 Å². The highest BCUT2D eigenvalue weighted by atomic mass is 19.1. The molecule has 1 aliphatic heterocycles. The number of hydrogen-bond donors (Lipinski definition) is 1. The van der Waals surface area contributed by atoms with Crippen LogP contribution in [0.4, 0.5) is 4.39 Å². The van der Waals surface area contributed by atoms with Crippen LogP contribution in [0.5, 0.6) is 11.5 Å². The van der Waals surface area contributed by atoms with Gasteiger partial charge in [0.2, 0.25) is 0 Å². The van der Waals surface area contributed by atoms with E-state index >= 15 is 0 Å². The Morgan fingerprint density at radius 3 is 2.71 bits per heavy atom. The van der Waals surface area contributed by atoms with E-state index in [0.29, 0.717) is 6.42 Å². The standard InChI is InChI=1S/C17H18FNO2/c1-10-7-11(18)3-5-13(10)17-9-15(19)14-8-12(20-2)4-6-16(14)21-17/h3-8,15,17H,9,19H2,1-2H3/t15-,17?/m1/s1. The van der Waals surface area contributed by atoms with Gasteiger partial charge in [-0.3, -0.25) is 0 Å². The van der Waals surface area contributed by atoms with Crippen molar-refractivity contribution in [2.24, 2.45) is 5.73 Å². The lowest BCUT2D eigenvalue weighted by atomic mass is 9.91. The minimum atomic E-state index is -0.235. The fourth-order valence-corrected chi connectivity index (χ4v) is 2.80. The molecule has 2 N–H and O–H groups in total. The molecule has 1 heterocycles. The summed E-state index contributed by atoms with van der Waals surface area (Å²) in [6, 6.07) is 10.3. The quantitative estimate of drug-likeness (QED) is 0.916. The predicted octanol–water partition coefficient (Wildman–Crippen LogP) is 3.67. The lowest BCUT2D eigenvalue weighted by molar-refractivity contribution is 0.160. The van der Waals surface area contributed by atoms with Gasteiger partial charge in [-0.15, -0.1) is 0 Å². The first-order valence-electron chi connectivity index (χ1n) is 6.94.